The summed E-state index contributed by atoms with van der Waals surface area (Å²) in [7, 11) is 0. The zero-order valence-electron chi connectivity index (χ0n) is 24.8. The molecule has 0 aliphatic carbocycles. The van der Waals surface area contributed by atoms with Crippen LogP contribution in [0.4, 0.5) is 20.6 Å². The summed E-state index contributed by atoms with van der Waals surface area (Å²) in [5.41, 5.74) is 3.06. The van der Waals surface area contributed by atoms with E-state index in [0.29, 0.717) is 29.3 Å². The molecule has 10 heteroatoms. The van der Waals surface area contributed by atoms with Crippen molar-refractivity contribution < 1.29 is 23.8 Å². The Labute approximate surface area is 251 Å². The fraction of sp³-hybridized carbons (Fsp3) is 0.394. The SMILES string of the molecule is CC(C)(C)OC(=O)CCCN1CCC(c2cccc(C#Cc3cc(NC(=O)Nc4cc(F)ncc4CO)ccn3)c2)CC1. The number of esters is 1. The number of anilines is 2. The number of pyridine rings is 2. The first-order valence-electron chi connectivity index (χ1n) is 14.4. The van der Waals surface area contributed by atoms with E-state index in [0.717, 1.165) is 50.5 Å². The number of likely N-dealkylation sites (tertiary alicyclic amines) is 1. The fourth-order valence-corrected chi connectivity index (χ4v) is 4.90. The standard InChI is InChI=1S/C33H38FN5O4/c1-33(2,3)43-31(41)8-5-15-39-16-12-24(13-17-39)25-7-4-6-23(18-25)9-10-27-19-28(11-14-35-27)37-32(42)38-29-20-30(34)36-21-26(29)22-40/h4,6-7,11,14,18-21,24,40H,5,8,12-13,15-17,22H2,1-3H3,(H2,35,36,37,38,42). The number of aliphatic hydroxyl groups is 1. The molecule has 1 aromatic carbocycles. The second-order valence-electron chi connectivity index (χ2n) is 11.5. The molecular weight excluding hydrogens is 549 g/mol. The van der Waals surface area contributed by atoms with Crippen LogP contribution in [0.3, 0.4) is 0 Å². The van der Waals surface area contributed by atoms with Crippen LogP contribution in [0.1, 0.15) is 74.8 Å². The average Bonchev–Trinajstić information content (AvgIpc) is 2.96. The van der Waals surface area contributed by atoms with Crippen LogP contribution < -0.4 is 10.6 Å². The smallest absolute Gasteiger partial charge is 0.323 e. The number of aliphatic hydroxyl groups excluding tert-OH is 1. The molecule has 43 heavy (non-hydrogen) atoms. The molecule has 3 aromatic rings. The molecule has 1 fully saturated rings. The number of hydrogen-bond acceptors (Lipinski definition) is 7. The Morgan fingerprint density at radius 3 is 2.63 bits per heavy atom. The maximum absolute atomic E-state index is 13.5. The summed E-state index contributed by atoms with van der Waals surface area (Å²) in [5.74, 6) is 5.78. The van der Waals surface area contributed by atoms with Crippen LogP contribution in [0.25, 0.3) is 0 Å². The van der Waals surface area contributed by atoms with Crippen molar-refractivity contribution in [2.24, 2.45) is 0 Å². The monoisotopic (exact) mass is 587 g/mol. The number of rotatable bonds is 8. The van der Waals surface area contributed by atoms with Gasteiger partial charge in [0, 0.05) is 41.7 Å². The van der Waals surface area contributed by atoms with Gasteiger partial charge in [0.1, 0.15) is 11.3 Å². The van der Waals surface area contributed by atoms with Gasteiger partial charge in [-0.15, -0.1) is 0 Å². The Morgan fingerprint density at radius 1 is 1.09 bits per heavy atom. The van der Waals surface area contributed by atoms with Crippen LogP contribution in [-0.4, -0.2) is 57.2 Å². The molecule has 4 rings (SSSR count). The number of halogens is 1. The molecule has 0 saturated carbocycles. The number of carbonyl (C=O) groups is 2. The van der Waals surface area contributed by atoms with E-state index in [1.165, 1.54) is 11.8 Å². The highest BCUT2D eigenvalue weighted by Crippen LogP contribution is 2.28. The highest BCUT2D eigenvalue weighted by molar-refractivity contribution is 6.00. The lowest BCUT2D eigenvalue weighted by Crippen LogP contribution is -2.34. The van der Waals surface area contributed by atoms with Crippen LogP contribution in [-0.2, 0) is 16.1 Å². The summed E-state index contributed by atoms with van der Waals surface area (Å²) < 4.78 is 18.9. The summed E-state index contributed by atoms with van der Waals surface area (Å²) in [6.07, 6.45) is 6.05. The molecule has 2 aromatic heterocycles. The van der Waals surface area contributed by atoms with E-state index < -0.39 is 24.2 Å². The Morgan fingerprint density at radius 2 is 1.88 bits per heavy atom. The second-order valence-corrected chi connectivity index (χ2v) is 11.5. The summed E-state index contributed by atoms with van der Waals surface area (Å²) in [4.78, 5) is 34.6. The van der Waals surface area contributed by atoms with Crippen molar-refractivity contribution >= 4 is 23.4 Å². The van der Waals surface area contributed by atoms with E-state index in [1.54, 1.807) is 18.3 Å². The third-order valence-electron chi connectivity index (χ3n) is 6.95. The quantitative estimate of drug-likeness (QED) is 0.182. The van der Waals surface area contributed by atoms with Crippen molar-refractivity contribution in [2.45, 2.75) is 64.6 Å². The molecule has 226 valence electrons. The molecule has 2 amide bonds. The maximum Gasteiger partial charge on any atom is 0.323 e. The molecule has 1 saturated heterocycles. The molecule has 0 spiro atoms. The number of nitrogens with one attached hydrogen (secondary N) is 2. The number of hydrogen-bond donors (Lipinski definition) is 3. The van der Waals surface area contributed by atoms with E-state index >= 15 is 0 Å². The number of amides is 2. The summed E-state index contributed by atoms with van der Waals surface area (Å²) in [5, 5.41) is 14.6. The molecule has 0 atom stereocenters. The largest absolute Gasteiger partial charge is 0.460 e. The zero-order chi connectivity index (χ0) is 30.8. The van der Waals surface area contributed by atoms with Gasteiger partial charge in [-0.3, -0.25) is 4.79 Å². The van der Waals surface area contributed by atoms with Crippen LogP contribution in [0.15, 0.2) is 54.9 Å². The van der Waals surface area contributed by atoms with Crippen molar-refractivity contribution in [3.8, 4) is 11.8 Å². The Bertz CT molecular complexity index is 1490. The van der Waals surface area contributed by atoms with Crippen molar-refractivity contribution in [2.75, 3.05) is 30.3 Å². The molecular formula is C33H38FN5O4. The summed E-state index contributed by atoms with van der Waals surface area (Å²) in [6.45, 7) is 8.14. The Hall–Kier alpha value is -4.33. The van der Waals surface area contributed by atoms with Crippen molar-refractivity contribution in [3.05, 3.63) is 83.2 Å². The van der Waals surface area contributed by atoms with Crippen molar-refractivity contribution in [3.63, 3.8) is 0 Å². The molecule has 1 aliphatic rings. The lowest BCUT2D eigenvalue weighted by atomic mass is 9.88. The van der Waals surface area contributed by atoms with Gasteiger partial charge in [0.05, 0.1) is 12.3 Å². The minimum absolute atomic E-state index is 0.130. The van der Waals surface area contributed by atoms with E-state index in [2.05, 4.69) is 49.5 Å². The normalized spacial score (nSPS) is 14.0. The third-order valence-corrected chi connectivity index (χ3v) is 6.95. The highest BCUT2D eigenvalue weighted by Gasteiger charge is 2.21. The number of nitrogens with zero attached hydrogens (tertiary/aromatic N) is 3. The van der Waals surface area contributed by atoms with Gasteiger partial charge in [-0.1, -0.05) is 18.1 Å². The number of urea groups is 1. The van der Waals surface area contributed by atoms with Crippen molar-refractivity contribution in [1.82, 2.24) is 14.9 Å². The molecule has 1 aliphatic heterocycles. The molecule has 3 heterocycles. The number of carbonyl (C=O) groups excluding carboxylic acids is 2. The van der Waals surface area contributed by atoms with Gasteiger partial charge >= 0.3 is 12.0 Å². The van der Waals surface area contributed by atoms with E-state index in [1.807, 2.05) is 32.9 Å². The lowest BCUT2D eigenvalue weighted by molar-refractivity contribution is -0.155. The van der Waals surface area contributed by atoms with Gasteiger partial charge in [0.25, 0.3) is 0 Å². The summed E-state index contributed by atoms with van der Waals surface area (Å²) >= 11 is 0. The first-order valence-corrected chi connectivity index (χ1v) is 14.4. The van der Waals surface area contributed by atoms with Gasteiger partial charge in [-0.2, -0.15) is 4.39 Å². The minimum Gasteiger partial charge on any atom is -0.460 e. The first kappa shape index (κ1) is 31.6. The minimum atomic E-state index is -0.768. The molecule has 3 N–H and O–H groups in total. The van der Waals surface area contributed by atoms with Gasteiger partial charge in [0.15, 0.2) is 0 Å². The number of benzene rings is 1. The van der Waals surface area contributed by atoms with Gasteiger partial charge in [-0.05, 0) is 101 Å². The summed E-state index contributed by atoms with van der Waals surface area (Å²) in [6, 6.07) is 12.0. The van der Waals surface area contributed by atoms with Crippen LogP contribution >= 0.6 is 0 Å². The van der Waals surface area contributed by atoms with Gasteiger partial charge in [-0.25, -0.2) is 14.8 Å². The predicted octanol–water partition coefficient (Wildman–Crippen LogP) is 5.45. The van der Waals surface area contributed by atoms with Crippen LogP contribution in [0.2, 0.25) is 0 Å². The lowest BCUT2D eigenvalue weighted by Gasteiger charge is -2.32. The van der Waals surface area contributed by atoms with E-state index in [4.69, 9.17) is 4.74 Å². The fourth-order valence-electron chi connectivity index (χ4n) is 4.90. The predicted molar refractivity (Wildman–Crippen MR) is 163 cm³/mol. The number of aromatic nitrogens is 2. The van der Waals surface area contributed by atoms with Gasteiger partial charge in [0.2, 0.25) is 5.95 Å². The molecule has 0 bridgehead atoms. The van der Waals surface area contributed by atoms with Crippen LogP contribution in [0, 0.1) is 17.8 Å². The molecule has 0 unspecified atom stereocenters. The second kappa shape index (κ2) is 14.7. The zero-order valence-corrected chi connectivity index (χ0v) is 24.8. The average molecular weight is 588 g/mol. The van der Waals surface area contributed by atoms with Gasteiger partial charge < -0.3 is 25.4 Å². The topological polar surface area (TPSA) is 117 Å². The van der Waals surface area contributed by atoms with Crippen LogP contribution in [0.5, 0.6) is 0 Å². The van der Waals surface area contributed by atoms with Crippen molar-refractivity contribution in [1.29, 1.82) is 0 Å². The number of piperidine rings is 1. The molecule has 0 radical (unpaired) electrons. The first-order chi connectivity index (χ1) is 20.6. The Balaban J connectivity index is 1.29. The Kier molecular flexibility index (Phi) is 10.8. The number of ether oxygens (including phenoxy) is 1. The highest BCUT2D eigenvalue weighted by atomic mass is 19.1. The van der Waals surface area contributed by atoms with E-state index in [9.17, 15) is 19.1 Å². The molecule has 9 nitrogen and oxygen atoms in total. The van der Waals surface area contributed by atoms with E-state index in [-0.39, 0.29) is 11.7 Å². The third kappa shape index (κ3) is 10.2. The maximum atomic E-state index is 13.5.